The molecule has 3 N–H and O–H groups in total. The lowest BCUT2D eigenvalue weighted by Gasteiger charge is -2.38. The van der Waals surface area contributed by atoms with Crippen LogP contribution in [0.4, 0.5) is 0 Å². The summed E-state index contributed by atoms with van der Waals surface area (Å²) in [4.78, 5) is 24.2. The van der Waals surface area contributed by atoms with Crippen molar-refractivity contribution in [2.45, 2.75) is 45.7 Å². The average Bonchev–Trinajstić information content (AvgIpc) is 2.02. The van der Waals surface area contributed by atoms with Crippen molar-refractivity contribution in [1.29, 1.82) is 0 Å². The molecular formula is C10H20N2O3. The molecule has 0 aromatic rings. The highest BCUT2D eigenvalue weighted by atomic mass is 16.4. The monoisotopic (exact) mass is 216 g/mol. The van der Waals surface area contributed by atoms with E-state index in [0.717, 1.165) is 0 Å². The van der Waals surface area contributed by atoms with Gasteiger partial charge in [0.25, 0.3) is 0 Å². The smallest absolute Gasteiger partial charge is 0.329 e. The maximum absolute atomic E-state index is 11.9. The molecule has 0 aliphatic rings. The zero-order chi connectivity index (χ0) is 12.4. The topological polar surface area (TPSA) is 83.6 Å². The van der Waals surface area contributed by atoms with E-state index >= 15 is 0 Å². The molecule has 5 nitrogen and oxygen atoms in total. The van der Waals surface area contributed by atoms with Gasteiger partial charge in [-0.25, -0.2) is 4.79 Å². The van der Waals surface area contributed by atoms with E-state index in [0.29, 0.717) is 6.54 Å². The van der Waals surface area contributed by atoms with Gasteiger partial charge in [-0.2, -0.15) is 0 Å². The SMILES string of the molecule is CCN(C(=O)C(C)(C)N)C(C)(C)C(=O)O. The molecule has 0 saturated heterocycles. The lowest BCUT2D eigenvalue weighted by molar-refractivity contribution is -0.158. The van der Waals surface area contributed by atoms with Crippen molar-refractivity contribution in [3.8, 4) is 0 Å². The first-order valence-electron chi connectivity index (χ1n) is 4.89. The van der Waals surface area contributed by atoms with Crippen LogP contribution < -0.4 is 5.73 Å². The Labute approximate surface area is 90.2 Å². The van der Waals surface area contributed by atoms with Crippen molar-refractivity contribution in [2.75, 3.05) is 6.54 Å². The van der Waals surface area contributed by atoms with E-state index in [4.69, 9.17) is 10.8 Å². The standard InChI is InChI=1S/C10H20N2O3/c1-6-12(7(13)9(2,3)11)10(4,5)8(14)15/h6,11H2,1-5H3,(H,14,15). The van der Waals surface area contributed by atoms with Gasteiger partial charge in [0.15, 0.2) is 0 Å². The molecular weight excluding hydrogens is 196 g/mol. The van der Waals surface area contributed by atoms with E-state index in [1.807, 2.05) is 0 Å². The first-order chi connectivity index (χ1) is 6.55. The second-order valence-electron chi connectivity index (χ2n) is 4.64. The highest BCUT2D eigenvalue weighted by Crippen LogP contribution is 2.18. The molecule has 5 heteroatoms. The van der Waals surface area contributed by atoms with Gasteiger partial charge in [0.1, 0.15) is 5.54 Å². The predicted octanol–water partition coefficient (Wildman–Crippen LogP) is 0.435. The number of aliphatic carboxylic acids is 1. The number of nitrogens with two attached hydrogens (primary N) is 1. The van der Waals surface area contributed by atoms with E-state index in [1.165, 1.54) is 18.7 Å². The Morgan fingerprint density at radius 2 is 1.67 bits per heavy atom. The highest BCUT2D eigenvalue weighted by Gasteiger charge is 2.40. The van der Waals surface area contributed by atoms with E-state index in [-0.39, 0.29) is 5.91 Å². The summed E-state index contributed by atoms with van der Waals surface area (Å²) in [6.07, 6.45) is 0. The molecule has 0 fully saturated rings. The van der Waals surface area contributed by atoms with Crippen LogP contribution >= 0.6 is 0 Å². The third-order valence-corrected chi connectivity index (χ3v) is 2.31. The fraction of sp³-hybridized carbons (Fsp3) is 0.800. The van der Waals surface area contributed by atoms with Crippen LogP contribution in [0.1, 0.15) is 34.6 Å². The number of hydrogen-bond acceptors (Lipinski definition) is 3. The minimum absolute atomic E-state index is 0.318. The summed E-state index contributed by atoms with van der Waals surface area (Å²) < 4.78 is 0. The molecule has 88 valence electrons. The van der Waals surface area contributed by atoms with Crippen LogP contribution in [0.2, 0.25) is 0 Å². The Kier molecular flexibility index (Phi) is 3.88. The minimum Gasteiger partial charge on any atom is -0.480 e. The van der Waals surface area contributed by atoms with Crippen molar-refractivity contribution in [2.24, 2.45) is 5.73 Å². The van der Waals surface area contributed by atoms with Gasteiger partial charge in [-0.1, -0.05) is 0 Å². The van der Waals surface area contributed by atoms with Crippen LogP contribution in [-0.4, -0.2) is 39.5 Å². The molecule has 15 heavy (non-hydrogen) atoms. The number of likely N-dealkylation sites (N-methyl/N-ethyl adjacent to an activating group) is 1. The van der Waals surface area contributed by atoms with Crippen molar-refractivity contribution in [3.05, 3.63) is 0 Å². The number of carboxylic acid groups (broad SMARTS) is 1. The number of hydrogen-bond donors (Lipinski definition) is 2. The summed E-state index contributed by atoms with van der Waals surface area (Å²) in [5, 5.41) is 9.02. The van der Waals surface area contributed by atoms with Gasteiger partial charge < -0.3 is 15.7 Å². The molecule has 0 aliphatic carbocycles. The fourth-order valence-electron chi connectivity index (χ4n) is 1.26. The Bertz CT molecular complexity index is 266. The van der Waals surface area contributed by atoms with E-state index in [2.05, 4.69) is 0 Å². The zero-order valence-corrected chi connectivity index (χ0v) is 10.00. The van der Waals surface area contributed by atoms with Gasteiger partial charge in [0, 0.05) is 6.54 Å². The Morgan fingerprint density at radius 3 is 1.87 bits per heavy atom. The summed E-state index contributed by atoms with van der Waals surface area (Å²) in [6.45, 7) is 8.16. The second kappa shape index (κ2) is 4.18. The Balaban J connectivity index is 5.10. The lowest BCUT2D eigenvalue weighted by atomic mass is 9.97. The number of amides is 1. The molecule has 0 heterocycles. The Morgan fingerprint density at radius 1 is 1.27 bits per heavy atom. The van der Waals surface area contributed by atoms with Crippen molar-refractivity contribution in [1.82, 2.24) is 4.90 Å². The number of rotatable bonds is 4. The predicted molar refractivity (Wildman–Crippen MR) is 57.4 cm³/mol. The summed E-state index contributed by atoms with van der Waals surface area (Å²) in [7, 11) is 0. The third kappa shape index (κ3) is 2.92. The van der Waals surface area contributed by atoms with Gasteiger partial charge in [-0.05, 0) is 34.6 Å². The summed E-state index contributed by atoms with van der Waals surface area (Å²) in [5.41, 5.74) is 3.38. The zero-order valence-electron chi connectivity index (χ0n) is 10.00. The van der Waals surface area contributed by atoms with Crippen molar-refractivity contribution in [3.63, 3.8) is 0 Å². The first-order valence-corrected chi connectivity index (χ1v) is 4.89. The van der Waals surface area contributed by atoms with Crippen molar-refractivity contribution >= 4 is 11.9 Å². The minimum atomic E-state index is -1.23. The largest absolute Gasteiger partial charge is 0.480 e. The van der Waals surface area contributed by atoms with Gasteiger partial charge in [0.05, 0.1) is 5.54 Å². The number of carboxylic acids is 1. The maximum Gasteiger partial charge on any atom is 0.329 e. The third-order valence-electron chi connectivity index (χ3n) is 2.31. The van der Waals surface area contributed by atoms with Crippen LogP contribution in [0, 0.1) is 0 Å². The molecule has 0 rings (SSSR count). The van der Waals surface area contributed by atoms with Crippen LogP contribution in [-0.2, 0) is 9.59 Å². The summed E-state index contributed by atoms with van der Waals surface area (Å²) in [5.74, 6) is -1.40. The highest BCUT2D eigenvalue weighted by molar-refractivity contribution is 5.91. The van der Waals surface area contributed by atoms with E-state index in [1.54, 1.807) is 20.8 Å². The normalized spacial score (nSPS) is 12.4. The molecule has 0 bridgehead atoms. The maximum atomic E-state index is 11.9. The van der Waals surface area contributed by atoms with Gasteiger partial charge in [-0.3, -0.25) is 4.79 Å². The quantitative estimate of drug-likeness (QED) is 0.714. The molecule has 0 saturated carbocycles. The van der Waals surface area contributed by atoms with E-state index < -0.39 is 17.0 Å². The number of carbonyl (C=O) groups excluding carboxylic acids is 1. The second-order valence-corrected chi connectivity index (χ2v) is 4.64. The van der Waals surface area contributed by atoms with Crippen LogP contribution in [0.15, 0.2) is 0 Å². The van der Waals surface area contributed by atoms with Crippen LogP contribution in [0.3, 0.4) is 0 Å². The van der Waals surface area contributed by atoms with Gasteiger partial charge >= 0.3 is 5.97 Å². The van der Waals surface area contributed by atoms with Gasteiger partial charge in [-0.15, -0.1) is 0 Å². The molecule has 0 atom stereocenters. The molecule has 0 aliphatic heterocycles. The van der Waals surface area contributed by atoms with Crippen molar-refractivity contribution < 1.29 is 14.7 Å². The molecule has 1 amide bonds. The molecule has 0 aromatic carbocycles. The molecule has 0 spiro atoms. The first kappa shape index (κ1) is 13.9. The summed E-state index contributed by atoms with van der Waals surface area (Å²) >= 11 is 0. The summed E-state index contributed by atoms with van der Waals surface area (Å²) in [6, 6.07) is 0. The number of carbonyl (C=O) groups is 2. The Hall–Kier alpha value is -1.10. The van der Waals surface area contributed by atoms with E-state index in [9.17, 15) is 9.59 Å². The number of nitrogens with zero attached hydrogens (tertiary/aromatic N) is 1. The lowest BCUT2D eigenvalue weighted by Crippen LogP contribution is -2.60. The molecule has 0 unspecified atom stereocenters. The van der Waals surface area contributed by atoms with Crippen LogP contribution in [0.5, 0.6) is 0 Å². The molecule has 0 aromatic heterocycles. The average molecular weight is 216 g/mol. The molecule has 0 radical (unpaired) electrons. The van der Waals surface area contributed by atoms with Gasteiger partial charge in [0.2, 0.25) is 5.91 Å². The fourth-order valence-corrected chi connectivity index (χ4v) is 1.26. The van der Waals surface area contributed by atoms with Crippen LogP contribution in [0.25, 0.3) is 0 Å².